The van der Waals surface area contributed by atoms with Gasteiger partial charge in [0.25, 0.3) is 5.91 Å². The van der Waals surface area contributed by atoms with Gasteiger partial charge in [-0.25, -0.2) is 4.98 Å². The van der Waals surface area contributed by atoms with Crippen molar-refractivity contribution in [2.24, 2.45) is 0 Å². The van der Waals surface area contributed by atoms with Crippen molar-refractivity contribution in [3.05, 3.63) is 52.7 Å². The summed E-state index contributed by atoms with van der Waals surface area (Å²) in [7, 11) is 1.76. The number of benzene rings is 1. The van der Waals surface area contributed by atoms with Crippen molar-refractivity contribution in [2.45, 2.75) is 6.92 Å². The van der Waals surface area contributed by atoms with E-state index in [1.54, 1.807) is 43.4 Å². The summed E-state index contributed by atoms with van der Waals surface area (Å²) in [5, 5.41) is 6.32. The number of amides is 1. The molecule has 5 heteroatoms. The first-order chi connectivity index (χ1) is 9.11. The highest BCUT2D eigenvalue weighted by molar-refractivity contribution is 6.31. The van der Waals surface area contributed by atoms with Crippen molar-refractivity contribution < 1.29 is 4.79 Å². The van der Waals surface area contributed by atoms with Crippen LogP contribution in [0.4, 0.5) is 11.5 Å². The zero-order chi connectivity index (χ0) is 13.8. The minimum atomic E-state index is -0.262. The molecule has 1 heterocycles. The van der Waals surface area contributed by atoms with Crippen molar-refractivity contribution >= 4 is 29.0 Å². The van der Waals surface area contributed by atoms with E-state index in [4.69, 9.17) is 11.6 Å². The maximum atomic E-state index is 12.1. The summed E-state index contributed by atoms with van der Waals surface area (Å²) < 4.78 is 0. The quantitative estimate of drug-likeness (QED) is 0.903. The minimum Gasteiger partial charge on any atom is -0.373 e. The Bertz CT molecular complexity index is 613. The second-order valence-corrected chi connectivity index (χ2v) is 4.43. The fraction of sp³-hybridized carbons (Fsp3) is 0.143. The van der Waals surface area contributed by atoms with Crippen LogP contribution in [0.3, 0.4) is 0 Å². The number of nitrogens with one attached hydrogen (secondary N) is 2. The average Bonchev–Trinajstić information content (AvgIpc) is 2.44. The molecule has 4 nitrogen and oxygen atoms in total. The highest BCUT2D eigenvalue weighted by Gasteiger charge is 2.10. The number of nitrogens with zero attached hydrogens (tertiary/aromatic N) is 1. The molecule has 0 fully saturated rings. The smallest absolute Gasteiger partial charge is 0.274 e. The molecule has 0 spiro atoms. The van der Waals surface area contributed by atoms with Crippen LogP contribution >= 0.6 is 11.6 Å². The van der Waals surface area contributed by atoms with Gasteiger partial charge in [-0.05, 0) is 36.8 Å². The highest BCUT2D eigenvalue weighted by Crippen LogP contribution is 2.23. The lowest BCUT2D eigenvalue weighted by Gasteiger charge is -2.09. The zero-order valence-corrected chi connectivity index (χ0v) is 11.5. The molecule has 0 unspecified atom stereocenters. The van der Waals surface area contributed by atoms with Crippen LogP contribution in [0, 0.1) is 6.92 Å². The summed E-state index contributed by atoms with van der Waals surface area (Å²) >= 11 is 6.01. The van der Waals surface area contributed by atoms with E-state index in [-0.39, 0.29) is 5.91 Å². The van der Waals surface area contributed by atoms with Crippen LogP contribution in [0.25, 0.3) is 0 Å². The lowest BCUT2D eigenvalue weighted by molar-refractivity contribution is 0.102. The molecule has 0 bridgehead atoms. The minimum absolute atomic E-state index is 0.262. The van der Waals surface area contributed by atoms with E-state index in [1.165, 1.54) is 0 Å². The maximum Gasteiger partial charge on any atom is 0.274 e. The van der Waals surface area contributed by atoms with Gasteiger partial charge in [-0.1, -0.05) is 23.7 Å². The molecule has 0 radical (unpaired) electrons. The monoisotopic (exact) mass is 275 g/mol. The predicted molar refractivity (Wildman–Crippen MR) is 77.9 cm³/mol. The Kier molecular flexibility index (Phi) is 4.02. The van der Waals surface area contributed by atoms with Gasteiger partial charge in [0.15, 0.2) is 0 Å². The number of anilines is 2. The van der Waals surface area contributed by atoms with Crippen LogP contribution in [0.15, 0.2) is 36.4 Å². The van der Waals surface area contributed by atoms with Crippen LogP contribution in [0.5, 0.6) is 0 Å². The summed E-state index contributed by atoms with van der Waals surface area (Å²) in [4.78, 5) is 16.3. The van der Waals surface area contributed by atoms with Gasteiger partial charge in [0.05, 0.1) is 0 Å². The van der Waals surface area contributed by atoms with Crippen LogP contribution in [-0.2, 0) is 0 Å². The van der Waals surface area contributed by atoms with Crippen LogP contribution < -0.4 is 10.6 Å². The Hall–Kier alpha value is -2.07. The van der Waals surface area contributed by atoms with E-state index in [0.717, 1.165) is 5.56 Å². The van der Waals surface area contributed by atoms with Gasteiger partial charge >= 0.3 is 0 Å². The predicted octanol–water partition coefficient (Wildman–Crippen LogP) is 3.34. The van der Waals surface area contributed by atoms with Gasteiger partial charge in [-0.15, -0.1) is 0 Å². The molecule has 0 aliphatic heterocycles. The molecule has 98 valence electrons. The van der Waals surface area contributed by atoms with Gasteiger partial charge in [0, 0.05) is 17.8 Å². The molecule has 2 rings (SSSR count). The Morgan fingerprint density at radius 1 is 1.21 bits per heavy atom. The number of hydrogen-bond acceptors (Lipinski definition) is 3. The molecule has 1 aromatic carbocycles. The first-order valence-corrected chi connectivity index (χ1v) is 6.21. The number of carbonyl (C=O) groups excluding carboxylic acids is 1. The molecule has 0 aliphatic carbocycles. The number of pyridine rings is 1. The van der Waals surface area contributed by atoms with Gasteiger partial charge in [0.1, 0.15) is 11.5 Å². The van der Waals surface area contributed by atoms with E-state index in [1.807, 2.05) is 6.92 Å². The third-order valence-corrected chi connectivity index (χ3v) is 3.16. The second kappa shape index (κ2) is 5.71. The third-order valence-electron chi connectivity index (χ3n) is 2.75. The topological polar surface area (TPSA) is 54.0 Å². The molecular formula is C14H14ClN3O. The Labute approximate surface area is 116 Å². The summed E-state index contributed by atoms with van der Waals surface area (Å²) in [5.74, 6) is 0.387. The van der Waals surface area contributed by atoms with Crippen molar-refractivity contribution in [3.8, 4) is 0 Å². The van der Waals surface area contributed by atoms with E-state index in [2.05, 4.69) is 15.6 Å². The molecule has 0 saturated carbocycles. The highest BCUT2D eigenvalue weighted by atomic mass is 35.5. The van der Waals surface area contributed by atoms with E-state index in [9.17, 15) is 4.79 Å². The van der Waals surface area contributed by atoms with Crippen molar-refractivity contribution in [3.63, 3.8) is 0 Å². The molecular weight excluding hydrogens is 262 g/mol. The average molecular weight is 276 g/mol. The van der Waals surface area contributed by atoms with E-state index in [0.29, 0.717) is 22.2 Å². The van der Waals surface area contributed by atoms with Crippen LogP contribution in [-0.4, -0.2) is 17.9 Å². The summed E-state index contributed by atoms with van der Waals surface area (Å²) in [5.41, 5.74) is 1.88. The van der Waals surface area contributed by atoms with Gasteiger partial charge in [0.2, 0.25) is 0 Å². The number of hydrogen-bond donors (Lipinski definition) is 2. The van der Waals surface area contributed by atoms with Gasteiger partial charge in [-0.3, -0.25) is 4.79 Å². The van der Waals surface area contributed by atoms with E-state index < -0.39 is 0 Å². The number of halogens is 1. The first kappa shape index (κ1) is 13.4. The van der Waals surface area contributed by atoms with Crippen molar-refractivity contribution in [1.29, 1.82) is 0 Å². The molecule has 1 amide bonds. The standard InChI is InChI=1S/C14H14ClN3O/c1-9-10(15)5-3-6-11(9)18-14(19)12-7-4-8-13(16-2)17-12/h3-8H,1-2H3,(H,16,17)(H,18,19). The number of aromatic nitrogens is 1. The van der Waals surface area contributed by atoms with E-state index >= 15 is 0 Å². The SMILES string of the molecule is CNc1cccc(C(=O)Nc2cccc(Cl)c2C)n1. The summed E-state index contributed by atoms with van der Waals surface area (Å²) in [6, 6.07) is 10.6. The largest absolute Gasteiger partial charge is 0.373 e. The molecule has 19 heavy (non-hydrogen) atoms. The van der Waals surface area contributed by atoms with Crippen LogP contribution in [0.1, 0.15) is 16.1 Å². The lowest BCUT2D eigenvalue weighted by atomic mass is 10.2. The molecule has 2 aromatic rings. The van der Waals surface area contributed by atoms with Gasteiger partial charge in [-0.2, -0.15) is 0 Å². The second-order valence-electron chi connectivity index (χ2n) is 4.02. The fourth-order valence-electron chi connectivity index (χ4n) is 1.63. The Balaban J connectivity index is 2.23. The fourth-order valence-corrected chi connectivity index (χ4v) is 1.80. The van der Waals surface area contributed by atoms with Crippen LogP contribution in [0.2, 0.25) is 5.02 Å². The molecule has 2 N–H and O–H groups in total. The normalized spacial score (nSPS) is 10.1. The zero-order valence-electron chi connectivity index (χ0n) is 10.7. The van der Waals surface area contributed by atoms with Crippen molar-refractivity contribution in [1.82, 2.24) is 4.98 Å². The summed E-state index contributed by atoms with van der Waals surface area (Å²) in [6.07, 6.45) is 0. The summed E-state index contributed by atoms with van der Waals surface area (Å²) in [6.45, 7) is 1.86. The lowest BCUT2D eigenvalue weighted by Crippen LogP contribution is -2.15. The third kappa shape index (κ3) is 3.03. The first-order valence-electron chi connectivity index (χ1n) is 5.83. The molecule has 1 aromatic heterocycles. The number of rotatable bonds is 3. The number of carbonyl (C=O) groups is 1. The Morgan fingerprint density at radius 2 is 1.95 bits per heavy atom. The maximum absolute atomic E-state index is 12.1. The van der Waals surface area contributed by atoms with Gasteiger partial charge < -0.3 is 10.6 Å². The molecule has 0 saturated heterocycles. The molecule has 0 atom stereocenters. The Morgan fingerprint density at radius 3 is 2.68 bits per heavy atom. The van der Waals surface area contributed by atoms with Crippen molar-refractivity contribution in [2.75, 3.05) is 17.7 Å². The molecule has 0 aliphatic rings.